The van der Waals surface area contributed by atoms with Crippen molar-refractivity contribution in [3.05, 3.63) is 83.2 Å². The molecule has 0 spiro atoms. The lowest BCUT2D eigenvalue weighted by Gasteiger charge is -2.10. The van der Waals surface area contributed by atoms with Crippen LogP contribution in [0.4, 0.5) is 13.2 Å². The van der Waals surface area contributed by atoms with Crippen LogP contribution in [0.2, 0.25) is 0 Å². The predicted octanol–water partition coefficient (Wildman–Crippen LogP) is 4.48. The second-order valence-electron chi connectivity index (χ2n) is 5.04. The first-order valence-corrected chi connectivity index (χ1v) is 6.99. The monoisotopic (exact) mass is 333 g/mol. The van der Waals surface area contributed by atoms with Crippen LogP contribution in [0.1, 0.15) is 22.4 Å². The van der Waals surface area contributed by atoms with Crippen molar-refractivity contribution >= 4 is 11.5 Å². The molecule has 3 nitrogen and oxygen atoms in total. The van der Waals surface area contributed by atoms with Gasteiger partial charge < -0.3 is 5.11 Å². The normalized spacial score (nSPS) is 12.6. The number of nitrogens with zero attached hydrogens (tertiary/aromatic N) is 1. The van der Waals surface area contributed by atoms with Gasteiger partial charge in [-0.25, -0.2) is 4.79 Å². The summed E-state index contributed by atoms with van der Waals surface area (Å²) in [5.41, 5.74) is 1.84. The van der Waals surface area contributed by atoms with Crippen LogP contribution in [-0.2, 0) is 11.0 Å². The molecule has 0 saturated carbocycles. The molecule has 0 atom stereocenters. The molecule has 0 fully saturated rings. The first kappa shape index (κ1) is 17.5. The summed E-state index contributed by atoms with van der Waals surface area (Å²) in [4.78, 5) is 14.8. The van der Waals surface area contributed by atoms with Gasteiger partial charge in [-0.3, -0.25) is 4.98 Å². The minimum absolute atomic E-state index is 0.531. The fraction of sp³-hybridized carbons (Fsp3) is 0.111. The zero-order valence-electron chi connectivity index (χ0n) is 12.7. The molecule has 0 aliphatic rings. The molecular formula is C18H14F3NO2. The Morgan fingerprint density at radius 2 is 1.71 bits per heavy atom. The van der Waals surface area contributed by atoms with Gasteiger partial charge in [-0.05, 0) is 36.3 Å². The molecular weight excluding hydrogens is 319 g/mol. The van der Waals surface area contributed by atoms with Gasteiger partial charge in [0.2, 0.25) is 0 Å². The Morgan fingerprint density at radius 3 is 2.21 bits per heavy atom. The van der Waals surface area contributed by atoms with Gasteiger partial charge in [-0.15, -0.1) is 0 Å². The summed E-state index contributed by atoms with van der Waals surface area (Å²) in [6.45, 7) is 1.82. The Kier molecular flexibility index (Phi) is 5.18. The summed E-state index contributed by atoms with van der Waals surface area (Å²) < 4.78 is 38.0. The number of hydrogen-bond acceptors (Lipinski definition) is 2. The van der Waals surface area contributed by atoms with E-state index in [9.17, 15) is 18.0 Å². The van der Waals surface area contributed by atoms with Crippen LogP contribution in [-0.4, -0.2) is 16.1 Å². The largest absolute Gasteiger partial charge is 0.478 e. The highest BCUT2D eigenvalue weighted by Gasteiger charge is 2.30. The lowest BCUT2D eigenvalue weighted by atomic mass is 9.97. The Balaban J connectivity index is 2.46. The van der Waals surface area contributed by atoms with Crippen LogP contribution in [0.25, 0.3) is 5.57 Å². The molecule has 2 aromatic rings. The van der Waals surface area contributed by atoms with Crippen LogP contribution >= 0.6 is 0 Å². The standard InChI is InChI=1S/C18H14F3NO2/c1-12-5-6-14(11-22-12)16(3-2-4-17(23)24)13-7-9-15(10-8-13)18(19,20)21/h2-11H,1H3,(H,23,24)/b4-2+,16-3-. The fourth-order valence-corrected chi connectivity index (χ4v) is 2.05. The molecule has 0 amide bonds. The second-order valence-corrected chi connectivity index (χ2v) is 5.04. The van der Waals surface area contributed by atoms with E-state index in [1.807, 2.05) is 6.92 Å². The van der Waals surface area contributed by atoms with Crippen molar-refractivity contribution in [1.29, 1.82) is 0 Å². The number of aliphatic carboxylic acids is 1. The smallest absolute Gasteiger partial charge is 0.416 e. The number of aryl methyl sites for hydroxylation is 1. The number of rotatable bonds is 4. The Bertz CT molecular complexity index is 773. The number of alkyl halides is 3. The zero-order chi connectivity index (χ0) is 17.7. The maximum absolute atomic E-state index is 12.7. The van der Waals surface area contributed by atoms with Gasteiger partial charge in [-0.2, -0.15) is 13.2 Å². The first-order valence-electron chi connectivity index (χ1n) is 6.99. The number of pyridine rings is 1. The van der Waals surface area contributed by atoms with Gasteiger partial charge >= 0.3 is 12.1 Å². The third kappa shape index (κ3) is 4.55. The molecule has 24 heavy (non-hydrogen) atoms. The van der Waals surface area contributed by atoms with Gasteiger partial charge in [0.05, 0.1) is 5.56 Å². The van der Waals surface area contributed by atoms with Gasteiger partial charge in [0, 0.05) is 23.5 Å². The molecule has 0 aliphatic carbocycles. The molecule has 0 bridgehead atoms. The zero-order valence-corrected chi connectivity index (χ0v) is 12.7. The summed E-state index contributed by atoms with van der Waals surface area (Å²) >= 11 is 0. The molecule has 0 unspecified atom stereocenters. The minimum Gasteiger partial charge on any atom is -0.478 e. The molecule has 1 aromatic heterocycles. The van der Waals surface area contributed by atoms with E-state index in [2.05, 4.69) is 4.98 Å². The van der Waals surface area contributed by atoms with E-state index in [1.54, 1.807) is 18.3 Å². The maximum atomic E-state index is 12.7. The number of carboxylic acids is 1. The molecule has 0 saturated heterocycles. The van der Waals surface area contributed by atoms with E-state index in [-0.39, 0.29) is 0 Å². The first-order chi connectivity index (χ1) is 11.3. The third-order valence-electron chi connectivity index (χ3n) is 3.25. The van der Waals surface area contributed by atoms with Crippen molar-refractivity contribution in [1.82, 2.24) is 4.98 Å². The van der Waals surface area contributed by atoms with E-state index < -0.39 is 17.7 Å². The number of aromatic nitrogens is 1. The molecule has 1 aromatic carbocycles. The van der Waals surface area contributed by atoms with Crippen molar-refractivity contribution in [3.63, 3.8) is 0 Å². The van der Waals surface area contributed by atoms with Crippen LogP contribution in [0.5, 0.6) is 0 Å². The second kappa shape index (κ2) is 7.12. The fourth-order valence-electron chi connectivity index (χ4n) is 2.05. The van der Waals surface area contributed by atoms with Gasteiger partial charge in [0.1, 0.15) is 0 Å². The SMILES string of the molecule is Cc1ccc(/C(=C\C=C\C(=O)O)c2ccc(C(F)(F)F)cc2)cn1. The number of halogens is 3. The van der Waals surface area contributed by atoms with E-state index in [0.717, 1.165) is 23.9 Å². The minimum atomic E-state index is -4.41. The summed E-state index contributed by atoms with van der Waals surface area (Å²) in [6.07, 6.45) is 0.994. The number of hydrogen-bond donors (Lipinski definition) is 1. The Morgan fingerprint density at radius 1 is 1.08 bits per heavy atom. The van der Waals surface area contributed by atoms with Crippen molar-refractivity contribution in [2.45, 2.75) is 13.1 Å². The number of allylic oxidation sites excluding steroid dienone is 2. The topological polar surface area (TPSA) is 50.2 Å². The summed E-state index contributed by atoms with van der Waals surface area (Å²) in [7, 11) is 0. The van der Waals surface area contributed by atoms with Gasteiger partial charge in [-0.1, -0.05) is 30.4 Å². The maximum Gasteiger partial charge on any atom is 0.416 e. The Labute approximate surface area is 136 Å². The van der Waals surface area contributed by atoms with Crippen molar-refractivity contribution in [3.8, 4) is 0 Å². The average Bonchev–Trinajstić information content (AvgIpc) is 2.52. The van der Waals surface area contributed by atoms with Gasteiger partial charge in [0.25, 0.3) is 0 Å². The number of carboxylic acid groups (broad SMARTS) is 1. The quantitative estimate of drug-likeness (QED) is 0.663. The summed E-state index contributed by atoms with van der Waals surface area (Å²) in [6, 6.07) is 8.23. The van der Waals surface area contributed by atoms with Crippen LogP contribution in [0.15, 0.2) is 60.8 Å². The predicted molar refractivity (Wildman–Crippen MR) is 84.3 cm³/mol. The molecule has 6 heteroatoms. The van der Waals surface area contributed by atoms with E-state index in [0.29, 0.717) is 16.7 Å². The molecule has 0 aliphatic heterocycles. The molecule has 2 rings (SSSR count). The Hall–Kier alpha value is -2.89. The lowest BCUT2D eigenvalue weighted by molar-refractivity contribution is -0.137. The lowest BCUT2D eigenvalue weighted by Crippen LogP contribution is -2.04. The highest BCUT2D eigenvalue weighted by Crippen LogP contribution is 2.31. The van der Waals surface area contributed by atoms with E-state index in [1.165, 1.54) is 24.3 Å². The third-order valence-corrected chi connectivity index (χ3v) is 3.25. The van der Waals surface area contributed by atoms with Gasteiger partial charge in [0.15, 0.2) is 0 Å². The van der Waals surface area contributed by atoms with Crippen LogP contribution < -0.4 is 0 Å². The van der Waals surface area contributed by atoms with Crippen molar-refractivity contribution < 1.29 is 23.1 Å². The molecule has 1 N–H and O–H groups in total. The molecule has 0 radical (unpaired) electrons. The number of benzene rings is 1. The highest BCUT2D eigenvalue weighted by molar-refractivity contribution is 5.83. The van der Waals surface area contributed by atoms with Crippen molar-refractivity contribution in [2.75, 3.05) is 0 Å². The molecule has 124 valence electrons. The van der Waals surface area contributed by atoms with Crippen LogP contribution in [0, 0.1) is 6.92 Å². The van der Waals surface area contributed by atoms with E-state index in [4.69, 9.17) is 5.11 Å². The highest BCUT2D eigenvalue weighted by atomic mass is 19.4. The van der Waals surface area contributed by atoms with Crippen molar-refractivity contribution in [2.24, 2.45) is 0 Å². The molecule has 1 heterocycles. The average molecular weight is 333 g/mol. The van der Waals surface area contributed by atoms with Crippen LogP contribution in [0.3, 0.4) is 0 Å². The number of carbonyl (C=O) groups is 1. The van der Waals surface area contributed by atoms with E-state index >= 15 is 0 Å². The summed E-state index contributed by atoms with van der Waals surface area (Å²) in [5.74, 6) is -1.11. The summed E-state index contributed by atoms with van der Waals surface area (Å²) in [5, 5.41) is 8.68.